The van der Waals surface area contributed by atoms with Crippen molar-refractivity contribution in [3.63, 3.8) is 0 Å². The van der Waals surface area contributed by atoms with Crippen LogP contribution in [0.15, 0.2) is 54.6 Å². The molecule has 2 aromatic carbocycles. The number of rotatable bonds is 2. The van der Waals surface area contributed by atoms with E-state index < -0.39 is 17.0 Å². The summed E-state index contributed by atoms with van der Waals surface area (Å²) in [6.07, 6.45) is 1.57. The summed E-state index contributed by atoms with van der Waals surface area (Å²) in [5.41, 5.74) is 0.0212. The maximum atomic E-state index is 12.6. The van der Waals surface area contributed by atoms with Crippen molar-refractivity contribution in [3.8, 4) is 0 Å². The molecule has 1 aliphatic carbocycles. The molecular formula is C19H16O3. The first-order valence-corrected chi connectivity index (χ1v) is 7.07. The van der Waals surface area contributed by atoms with E-state index in [2.05, 4.69) is 6.58 Å². The van der Waals surface area contributed by atoms with E-state index in [4.69, 9.17) is 0 Å². The van der Waals surface area contributed by atoms with Crippen LogP contribution in [0.25, 0.3) is 16.5 Å². The molecule has 0 saturated heterocycles. The number of aliphatic hydroxyl groups is 1. The minimum atomic E-state index is -0.778. The molecule has 1 N–H and O–H groups in total. The van der Waals surface area contributed by atoms with E-state index in [1.165, 1.54) is 0 Å². The second kappa shape index (κ2) is 4.67. The average molecular weight is 292 g/mol. The Balaban J connectivity index is 2.42. The number of fused-ring (bicyclic) bond motifs is 3. The summed E-state index contributed by atoms with van der Waals surface area (Å²) in [7, 11) is 0. The molecule has 0 radical (unpaired) electrons. The molecule has 110 valence electrons. The molecule has 0 bridgehead atoms. The van der Waals surface area contributed by atoms with E-state index in [1.807, 2.05) is 24.3 Å². The van der Waals surface area contributed by atoms with Gasteiger partial charge in [0, 0.05) is 16.5 Å². The van der Waals surface area contributed by atoms with Gasteiger partial charge in [-0.05, 0) is 16.8 Å². The summed E-state index contributed by atoms with van der Waals surface area (Å²) in [5.74, 6) is -1.36. The van der Waals surface area contributed by atoms with Crippen LogP contribution in [0.5, 0.6) is 0 Å². The minimum Gasteiger partial charge on any atom is -0.507 e. The van der Waals surface area contributed by atoms with Gasteiger partial charge in [0.15, 0.2) is 0 Å². The fourth-order valence-corrected chi connectivity index (χ4v) is 2.88. The van der Waals surface area contributed by atoms with Crippen LogP contribution in [-0.4, -0.2) is 16.7 Å². The predicted octanol–water partition coefficient (Wildman–Crippen LogP) is 4.09. The topological polar surface area (TPSA) is 54.4 Å². The molecule has 0 heterocycles. The highest BCUT2D eigenvalue weighted by molar-refractivity contribution is 6.54. The number of ketones is 2. The van der Waals surface area contributed by atoms with Crippen molar-refractivity contribution in [1.82, 2.24) is 0 Å². The Morgan fingerprint density at radius 3 is 2.41 bits per heavy atom. The van der Waals surface area contributed by atoms with E-state index in [1.54, 1.807) is 32.1 Å². The second-order valence-corrected chi connectivity index (χ2v) is 6.02. The van der Waals surface area contributed by atoms with Gasteiger partial charge in [-0.15, -0.1) is 6.58 Å². The molecule has 0 amide bonds. The molecule has 0 aliphatic heterocycles. The molecule has 0 saturated carbocycles. The summed E-state index contributed by atoms with van der Waals surface area (Å²) in [4.78, 5) is 25.2. The highest BCUT2D eigenvalue weighted by Gasteiger charge is 2.40. The number of hydrogen-bond acceptors (Lipinski definition) is 3. The van der Waals surface area contributed by atoms with Crippen molar-refractivity contribution in [3.05, 3.63) is 65.8 Å². The molecule has 0 aromatic heterocycles. The van der Waals surface area contributed by atoms with Crippen molar-refractivity contribution in [2.45, 2.75) is 13.8 Å². The Morgan fingerprint density at radius 2 is 1.73 bits per heavy atom. The number of Topliss-reactive ketones (excluding diaryl/α,β-unsaturated/α-hetero) is 2. The zero-order valence-corrected chi connectivity index (χ0v) is 12.5. The molecule has 3 rings (SSSR count). The first kappa shape index (κ1) is 14.3. The Morgan fingerprint density at radius 1 is 1.05 bits per heavy atom. The van der Waals surface area contributed by atoms with Crippen LogP contribution in [0, 0.1) is 5.41 Å². The maximum absolute atomic E-state index is 12.6. The van der Waals surface area contributed by atoms with Crippen LogP contribution in [0.3, 0.4) is 0 Å². The number of hydrogen-bond donors (Lipinski definition) is 1. The van der Waals surface area contributed by atoms with Gasteiger partial charge in [0.1, 0.15) is 5.76 Å². The molecule has 0 spiro atoms. The smallest absolute Gasteiger partial charge is 0.234 e. The lowest BCUT2D eigenvalue weighted by atomic mass is 9.74. The van der Waals surface area contributed by atoms with Crippen LogP contribution in [0.4, 0.5) is 0 Å². The summed E-state index contributed by atoms with van der Waals surface area (Å²) >= 11 is 0. The van der Waals surface area contributed by atoms with E-state index in [0.717, 1.165) is 5.39 Å². The Bertz CT molecular complexity index is 869. The van der Waals surface area contributed by atoms with Crippen molar-refractivity contribution in [1.29, 1.82) is 0 Å². The number of carbonyl (C=O) groups is 2. The second-order valence-electron chi connectivity index (χ2n) is 6.02. The fraction of sp³-hybridized carbons (Fsp3) is 0.158. The molecule has 3 nitrogen and oxygen atoms in total. The van der Waals surface area contributed by atoms with Crippen LogP contribution >= 0.6 is 0 Å². The minimum absolute atomic E-state index is 0.107. The van der Waals surface area contributed by atoms with Gasteiger partial charge < -0.3 is 5.11 Å². The van der Waals surface area contributed by atoms with Crippen LogP contribution < -0.4 is 0 Å². The molecule has 0 fully saturated rings. The number of carbonyl (C=O) groups excluding carboxylic acids is 2. The average Bonchev–Trinajstić information content (AvgIpc) is 2.51. The largest absolute Gasteiger partial charge is 0.507 e. The van der Waals surface area contributed by atoms with Crippen LogP contribution in [0.1, 0.15) is 29.8 Å². The molecular weight excluding hydrogens is 276 g/mol. The molecule has 0 atom stereocenters. The van der Waals surface area contributed by atoms with Gasteiger partial charge in [-0.25, -0.2) is 0 Å². The summed E-state index contributed by atoms with van der Waals surface area (Å²) < 4.78 is 0. The summed E-state index contributed by atoms with van der Waals surface area (Å²) in [6.45, 7) is 7.20. The fourth-order valence-electron chi connectivity index (χ4n) is 2.88. The first-order chi connectivity index (χ1) is 10.4. The predicted molar refractivity (Wildman–Crippen MR) is 86.8 cm³/mol. The quantitative estimate of drug-likeness (QED) is 0.670. The van der Waals surface area contributed by atoms with Crippen molar-refractivity contribution in [2.75, 3.05) is 0 Å². The third kappa shape index (κ3) is 1.82. The Kier molecular flexibility index (Phi) is 3.03. The third-order valence-corrected chi connectivity index (χ3v) is 4.24. The lowest BCUT2D eigenvalue weighted by Crippen LogP contribution is -2.31. The lowest BCUT2D eigenvalue weighted by Gasteiger charge is -2.28. The standard InChI is InChI=1S/C19H16O3/c1-4-19(2,3)15-16(20)13-10-9-11-7-5-6-8-12(11)14(13)17(21)18(15)22/h4-10,20H,1H2,2-3H3. The van der Waals surface area contributed by atoms with E-state index in [9.17, 15) is 14.7 Å². The van der Waals surface area contributed by atoms with Gasteiger partial charge in [0.25, 0.3) is 0 Å². The Labute approximate surface area is 128 Å². The van der Waals surface area contributed by atoms with Gasteiger partial charge in [-0.1, -0.05) is 50.3 Å². The van der Waals surface area contributed by atoms with Crippen LogP contribution in [0.2, 0.25) is 0 Å². The van der Waals surface area contributed by atoms with Crippen molar-refractivity contribution in [2.24, 2.45) is 5.41 Å². The zero-order valence-electron chi connectivity index (χ0n) is 12.5. The third-order valence-electron chi connectivity index (χ3n) is 4.24. The van der Waals surface area contributed by atoms with Gasteiger partial charge in [-0.3, -0.25) is 9.59 Å². The maximum Gasteiger partial charge on any atom is 0.234 e. The number of allylic oxidation sites excluding steroid dienone is 2. The summed E-state index contributed by atoms with van der Waals surface area (Å²) in [5, 5.41) is 12.1. The Hall–Kier alpha value is -2.68. The monoisotopic (exact) mass is 292 g/mol. The molecule has 2 aromatic rings. The van der Waals surface area contributed by atoms with Gasteiger partial charge >= 0.3 is 0 Å². The zero-order chi connectivity index (χ0) is 16.1. The van der Waals surface area contributed by atoms with Crippen molar-refractivity contribution >= 4 is 28.1 Å². The highest BCUT2D eigenvalue weighted by atomic mass is 16.3. The first-order valence-electron chi connectivity index (χ1n) is 7.07. The number of aliphatic hydroxyl groups excluding tert-OH is 1. The molecule has 22 heavy (non-hydrogen) atoms. The van der Waals surface area contributed by atoms with Gasteiger partial charge in [0.2, 0.25) is 11.6 Å². The van der Waals surface area contributed by atoms with Crippen molar-refractivity contribution < 1.29 is 14.7 Å². The van der Waals surface area contributed by atoms with Gasteiger partial charge in [-0.2, -0.15) is 0 Å². The van der Waals surface area contributed by atoms with Crippen LogP contribution in [-0.2, 0) is 4.79 Å². The normalized spacial score (nSPS) is 15.2. The molecule has 3 heteroatoms. The van der Waals surface area contributed by atoms with Gasteiger partial charge in [0.05, 0.1) is 5.57 Å². The van der Waals surface area contributed by atoms with E-state index >= 15 is 0 Å². The molecule has 0 unspecified atom stereocenters. The summed E-state index contributed by atoms with van der Waals surface area (Å²) in [6, 6.07) is 10.9. The highest BCUT2D eigenvalue weighted by Crippen LogP contribution is 2.40. The van der Waals surface area contributed by atoms with E-state index in [0.29, 0.717) is 10.9 Å². The lowest BCUT2D eigenvalue weighted by molar-refractivity contribution is -0.112. The SMILES string of the molecule is C=CC(C)(C)C1=C(O)c2ccc3ccccc3c2C(=O)C1=O. The number of benzene rings is 2. The molecule has 1 aliphatic rings. The van der Waals surface area contributed by atoms with E-state index in [-0.39, 0.29) is 16.9 Å².